The van der Waals surface area contributed by atoms with Crippen molar-refractivity contribution in [2.24, 2.45) is 0 Å². The van der Waals surface area contributed by atoms with Gasteiger partial charge in [-0.2, -0.15) is 0 Å². The third kappa shape index (κ3) is 3.46. The summed E-state index contributed by atoms with van der Waals surface area (Å²) in [5, 5.41) is 0. The van der Waals surface area contributed by atoms with Crippen LogP contribution >= 0.6 is 0 Å². The molecule has 1 aliphatic rings. The van der Waals surface area contributed by atoms with Crippen molar-refractivity contribution in [2.45, 2.75) is 44.6 Å². The van der Waals surface area contributed by atoms with Gasteiger partial charge >= 0.3 is 0 Å². The summed E-state index contributed by atoms with van der Waals surface area (Å²) >= 11 is 0. The standard InChI is InChI=1S/C19H22FNO2/c1-2-16-5-3-11-21(16)19(22)18(13-17-6-4-12-23-17)14-7-9-15(20)10-8-14/h4,6-10,12,16,18H,2-3,5,11,13H2,1H3. The Hall–Kier alpha value is -2.10. The number of halogens is 1. The van der Waals surface area contributed by atoms with Crippen molar-refractivity contribution in [1.29, 1.82) is 0 Å². The molecule has 1 saturated heterocycles. The van der Waals surface area contributed by atoms with Crippen LogP contribution in [0.2, 0.25) is 0 Å². The maximum Gasteiger partial charge on any atom is 0.230 e. The smallest absolute Gasteiger partial charge is 0.230 e. The van der Waals surface area contributed by atoms with Crippen molar-refractivity contribution in [1.82, 2.24) is 4.90 Å². The quantitative estimate of drug-likeness (QED) is 0.830. The van der Waals surface area contributed by atoms with Crippen LogP contribution < -0.4 is 0 Å². The van der Waals surface area contributed by atoms with Gasteiger partial charge in [0.15, 0.2) is 0 Å². The number of carbonyl (C=O) groups is 1. The summed E-state index contributed by atoms with van der Waals surface area (Å²) in [6.45, 7) is 2.93. The Bertz CT molecular complexity index is 636. The highest BCUT2D eigenvalue weighted by Crippen LogP contribution is 2.29. The van der Waals surface area contributed by atoms with Crippen LogP contribution in [0.1, 0.15) is 43.4 Å². The fraction of sp³-hybridized carbons (Fsp3) is 0.421. The maximum absolute atomic E-state index is 13.2. The van der Waals surface area contributed by atoms with Crippen molar-refractivity contribution < 1.29 is 13.6 Å². The first-order valence-corrected chi connectivity index (χ1v) is 8.27. The minimum atomic E-state index is -0.325. The first-order chi connectivity index (χ1) is 11.2. The number of likely N-dealkylation sites (tertiary alicyclic amines) is 1. The molecule has 0 saturated carbocycles. The fourth-order valence-corrected chi connectivity index (χ4v) is 3.42. The molecule has 0 N–H and O–H groups in total. The molecule has 0 spiro atoms. The largest absolute Gasteiger partial charge is 0.469 e. The number of amides is 1. The van der Waals surface area contributed by atoms with Crippen molar-refractivity contribution in [3.8, 4) is 0 Å². The Morgan fingerprint density at radius 3 is 2.78 bits per heavy atom. The third-order valence-corrected chi connectivity index (χ3v) is 4.69. The maximum atomic E-state index is 13.2. The summed E-state index contributed by atoms with van der Waals surface area (Å²) in [4.78, 5) is 15.1. The normalized spacial score (nSPS) is 19.0. The molecule has 3 rings (SSSR count). The molecule has 2 unspecified atom stereocenters. The molecule has 2 atom stereocenters. The first kappa shape index (κ1) is 15.8. The molecule has 0 radical (unpaired) electrons. The zero-order valence-electron chi connectivity index (χ0n) is 13.4. The van der Waals surface area contributed by atoms with Crippen molar-refractivity contribution in [3.05, 3.63) is 59.8 Å². The molecule has 122 valence electrons. The van der Waals surface area contributed by atoms with E-state index in [-0.39, 0.29) is 17.6 Å². The minimum Gasteiger partial charge on any atom is -0.469 e. The lowest BCUT2D eigenvalue weighted by molar-refractivity contribution is -0.133. The zero-order chi connectivity index (χ0) is 16.2. The lowest BCUT2D eigenvalue weighted by Gasteiger charge is -2.28. The number of benzene rings is 1. The van der Waals surface area contributed by atoms with Gasteiger partial charge in [-0.3, -0.25) is 4.79 Å². The van der Waals surface area contributed by atoms with Crippen molar-refractivity contribution in [3.63, 3.8) is 0 Å². The van der Waals surface area contributed by atoms with E-state index >= 15 is 0 Å². The molecule has 23 heavy (non-hydrogen) atoms. The van der Waals surface area contributed by atoms with Crippen molar-refractivity contribution in [2.75, 3.05) is 6.54 Å². The molecule has 2 aromatic rings. The molecule has 4 heteroatoms. The second kappa shape index (κ2) is 6.99. The summed E-state index contributed by atoms with van der Waals surface area (Å²) in [5.74, 6) is 0.289. The van der Waals surface area contributed by atoms with E-state index in [0.29, 0.717) is 12.5 Å². The Balaban J connectivity index is 1.87. The third-order valence-electron chi connectivity index (χ3n) is 4.69. The van der Waals surface area contributed by atoms with Crippen LogP contribution in [0.4, 0.5) is 4.39 Å². The van der Waals surface area contributed by atoms with Crippen molar-refractivity contribution >= 4 is 5.91 Å². The molecule has 1 aliphatic heterocycles. The summed E-state index contributed by atoms with van der Waals surface area (Å²) in [7, 11) is 0. The number of hydrogen-bond donors (Lipinski definition) is 0. The number of rotatable bonds is 5. The molecular weight excluding hydrogens is 293 g/mol. The second-order valence-electron chi connectivity index (χ2n) is 6.12. The van der Waals surface area contributed by atoms with E-state index in [9.17, 15) is 9.18 Å². The highest BCUT2D eigenvalue weighted by molar-refractivity contribution is 5.84. The molecule has 1 fully saturated rings. The molecule has 3 nitrogen and oxygen atoms in total. The Kier molecular flexibility index (Phi) is 4.79. The van der Waals surface area contributed by atoms with E-state index in [1.54, 1.807) is 18.4 Å². The summed E-state index contributed by atoms with van der Waals surface area (Å²) < 4.78 is 18.7. The SMILES string of the molecule is CCC1CCCN1C(=O)C(Cc1ccco1)c1ccc(F)cc1. The van der Waals surface area contributed by atoms with Gasteiger partial charge in [-0.1, -0.05) is 19.1 Å². The molecular formula is C19H22FNO2. The highest BCUT2D eigenvalue weighted by Gasteiger charge is 2.33. The van der Waals surface area contributed by atoms with Gasteiger partial charge in [-0.25, -0.2) is 4.39 Å². The van der Waals surface area contributed by atoms with Gasteiger partial charge in [-0.05, 0) is 49.1 Å². The van der Waals surface area contributed by atoms with Gasteiger partial charge < -0.3 is 9.32 Å². The number of carbonyl (C=O) groups excluding carboxylic acids is 1. The predicted octanol–water partition coefficient (Wildman–Crippen LogP) is 4.15. The molecule has 0 bridgehead atoms. The summed E-state index contributed by atoms with van der Waals surface area (Å²) in [6, 6.07) is 10.3. The fourth-order valence-electron chi connectivity index (χ4n) is 3.42. The lowest BCUT2D eigenvalue weighted by Crippen LogP contribution is -2.39. The number of furan rings is 1. The topological polar surface area (TPSA) is 33.5 Å². The van der Waals surface area contributed by atoms with Gasteiger partial charge in [0.05, 0.1) is 12.2 Å². The zero-order valence-corrected chi connectivity index (χ0v) is 13.4. The van der Waals surface area contributed by atoms with Crippen LogP contribution in [0.15, 0.2) is 47.1 Å². The van der Waals surface area contributed by atoms with E-state index in [4.69, 9.17) is 4.42 Å². The van der Waals surface area contributed by atoms with E-state index in [1.165, 1.54) is 12.1 Å². The van der Waals surface area contributed by atoms with E-state index in [2.05, 4.69) is 6.92 Å². The van der Waals surface area contributed by atoms with Crippen LogP contribution in [0, 0.1) is 5.82 Å². The van der Waals surface area contributed by atoms with Gasteiger partial charge in [0.1, 0.15) is 11.6 Å². The predicted molar refractivity (Wildman–Crippen MR) is 86.6 cm³/mol. The number of nitrogens with zero attached hydrogens (tertiary/aromatic N) is 1. The van der Waals surface area contributed by atoms with Crippen LogP contribution in [0.5, 0.6) is 0 Å². The summed E-state index contributed by atoms with van der Waals surface area (Å²) in [6.07, 6.45) is 5.22. The Morgan fingerprint density at radius 1 is 1.35 bits per heavy atom. The van der Waals surface area contributed by atoms with Gasteiger partial charge in [0, 0.05) is 19.0 Å². The van der Waals surface area contributed by atoms with E-state index in [0.717, 1.165) is 37.1 Å². The van der Waals surface area contributed by atoms with E-state index in [1.807, 2.05) is 17.0 Å². The average Bonchev–Trinajstić information content (AvgIpc) is 3.24. The van der Waals surface area contributed by atoms with E-state index < -0.39 is 0 Å². The van der Waals surface area contributed by atoms with Gasteiger partial charge in [0.2, 0.25) is 5.91 Å². The first-order valence-electron chi connectivity index (χ1n) is 8.27. The minimum absolute atomic E-state index is 0.123. The lowest BCUT2D eigenvalue weighted by atomic mass is 9.92. The monoisotopic (exact) mass is 315 g/mol. The molecule has 2 heterocycles. The highest BCUT2D eigenvalue weighted by atomic mass is 19.1. The average molecular weight is 315 g/mol. The van der Waals surface area contributed by atoms with Crippen LogP contribution in [-0.4, -0.2) is 23.4 Å². The number of hydrogen-bond acceptors (Lipinski definition) is 2. The molecule has 0 aliphatic carbocycles. The summed E-state index contributed by atoms with van der Waals surface area (Å²) in [5.41, 5.74) is 0.842. The van der Waals surface area contributed by atoms with Gasteiger partial charge in [-0.15, -0.1) is 0 Å². The van der Waals surface area contributed by atoms with Crippen LogP contribution in [-0.2, 0) is 11.2 Å². The van der Waals surface area contributed by atoms with Gasteiger partial charge in [0.25, 0.3) is 0 Å². The Morgan fingerprint density at radius 2 is 2.13 bits per heavy atom. The molecule has 1 aromatic heterocycles. The second-order valence-corrected chi connectivity index (χ2v) is 6.12. The molecule has 1 aromatic carbocycles. The van der Waals surface area contributed by atoms with Crippen LogP contribution in [0.25, 0.3) is 0 Å². The Labute approximate surface area is 136 Å². The van der Waals surface area contributed by atoms with Crippen LogP contribution in [0.3, 0.4) is 0 Å². The molecule has 1 amide bonds.